The largest absolute Gasteiger partial charge is 0.390 e. The van der Waals surface area contributed by atoms with E-state index in [9.17, 15) is 5.11 Å². The summed E-state index contributed by atoms with van der Waals surface area (Å²) < 4.78 is 0. The van der Waals surface area contributed by atoms with Gasteiger partial charge in [-0.15, -0.1) is 0 Å². The number of aliphatic hydroxyl groups is 1. The van der Waals surface area contributed by atoms with E-state index < -0.39 is 6.10 Å². The van der Waals surface area contributed by atoms with Crippen LogP contribution in [0.5, 0.6) is 0 Å². The molecule has 2 atom stereocenters. The molecule has 0 saturated carbocycles. The normalized spacial score (nSPS) is 23.7. The molecule has 0 radical (unpaired) electrons. The van der Waals surface area contributed by atoms with Gasteiger partial charge in [0.15, 0.2) is 5.65 Å². The minimum Gasteiger partial charge on any atom is -0.390 e. The first-order valence-electron chi connectivity index (χ1n) is 8.58. The molecule has 24 heavy (non-hydrogen) atoms. The van der Waals surface area contributed by atoms with Gasteiger partial charge < -0.3 is 20.6 Å². The molecule has 1 aliphatic heterocycles. The third-order valence-electron chi connectivity index (χ3n) is 5.17. The number of hydrogen-bond donors (Lipinski definition) is 3. The third kappa shape index (κ3) is 2.48. The second kappa shape index (κ2) is 5.82. The van der Waals surface area contributed by atoms with Crippen molar-refractivity contribution in [3.8, 4) is 0 Å². The highest BCUT2D eigenvalue weighted by molar-refractivity contribution is 5.91. The summed E-state index contributed by atoms with van der Waals surface area (Å²) in [4.78, 5) is 16.2. The van der Waals surface area contributed by atoms with E-state index in [2.05, 4.69) is 32.4 Å². The Morgan fingerprint density at radius 1 is 1.17 bits per heavy atom. The fraction of sp³-hybridized carbons (Fsp3) is 0.588. The molecular weight excluding hydrogens is 304 g/mol. The monoisotopic (exact) mass is 328 g/mol. The summed E-state index contributed by atoms with van der Waals surface area (Å²) in [5.41, 5.74) is 4.50. The maximum Gasteiger partial charge on any atom is 0.227 e. The number of aromatic nitrogens is 3. The molecule has 1 saturated heterocycles. The van der Waals surface area contributed by atoms with E-state index in [4.69, 9.17) is 4.98 Å². The zero-order chi connectivity index (χ0) is 16.8. The first kappa shape index (κ1) is 15.5. The second-order valence-corrected chi connectivity index (χ2v) is 6.90. The molecule has 1 fully saturated rings. The zero-order valence-corrected chi connectivity index (χ0v) is 14.4. The van der Waals surface area contributed by atoms with Crippen LogP contribution in [0.4, 0.5) is 11.8 Å². The van der Waals surface area contributed by atoms with Crippen molar-refractivity contribution in [1.29, 1.82) is 0 Å². The van der Waals surface area contributed by atoms with E-state index in [1.165, 1.54) is 16.8 Å². The van der Waals surface area contributed by atoms with Crippen molar-refractivity contribution >= 4 is 22.8 Å². The highest BCUT2D eigenvalue weighted by atomic mass is 16.3. The van der Waals surface area contributed by atoms with Crippen LogP contribution in [0.2, 0.25) is 0 Å². The number of aliphatic hydroxyl groups excluding tert-OH is 1. The molecule has 0 aromatic carbocycles. The Morgan fingerprint density at radius 2 is 2.00 bits per heavy atom. The van der Waals surface area contributed by atoms with Crippen LogP contribution >= 0.6 is 0 Å². The Hall–Kier alpha value is -1.99. The van der Waals surface area contributed by atoms with E-state index in [0.717, 1.165) is 42.7 Å². The van der Waals surface area contributed by atoms with Crippen molar-refractivity contribution in [3.63, 3.8) is 0 Å². The third-order valence-corrected chi connectivity index (χ3v) is 5.17. The number of anilines is 2. The first-order chi connectivity index (χ1) is 11.6. The molecule has 7 heteroatoms. The number of hydrogen-bond acceptors (Lipinski definition) is 7. The van der Waals surface area contributed by atoms with Crippen LogP contribution in [0.15, 0.2) is 0 Å². The number of fused-ring (bicyclic) bond motifs is 2. The molecule has 4 rings (SSSR count). The summed E-state index contributed by atoms with van der Waals surface area (Å²) in [7, 11) is 3.87. The van der Waals surface area contributed by atoms with E-state index >= 15 is 0 Å². The highest BCUT2D eigenvalue weighted by Crippen LogP contribution is 2.32. The number of nitrogens with one attached hydrogen (secondary N) is 2. The number of nitrogens with zero attached hydrogens (tertiary/aromatic N) is 4. The maximum absolute atomic E-state index is 10.1. The number of likely N-dealkylation sites (tertiary alicyclic amines) is 1. The number of likely N-dealkylation sites (N-methyl/N-ethyl adjacent to an activating group) is 1. The van der Waals surface area contributed by atoms with Gasteiger partial charge in [-0.25, -0.2) is 4.98 Å². The van der Waals surface area contributed by atoms with Gasteiger partial charge in [-0.2, -0.15) is 9.97 Å². The van der Waals surface area contributed by atoms with Crippen LogP contribution in [0, 0.1) is 6.92 Å². The molecule has 2 aliphatic rings. The van der Waals surface area contributed by atoms with Gasteiger partial charge in [0.1, 0.15) is 5.82 Å². The zero-order valence-electron chi connectivity index (χ0n) is 14.4. The maximum atomic E-state index is 10.1. The minimum absolute atomic E-state index is 0.0623. The van der Waals surface area contributed by atoms with Crippen molar-refractivity contribution in [3.05, 3.63) is 16.8 Å². The summed E-state index contributed by atoms with van der Waals surface area (Å²) >= 11 is 0. The molecule has 0 amide bonds. The van der Waals surface area contributed by atoms with Crippen LogP contribution in [0.25, 0.3) is 11.0 Å². The van der Waals surface area contributed by atoms with Crippen molar-refractivity contribution < 1.29 is 5.11 Å². The number of pyridine rings is 1. The lowest BCUT2D eigenvalue weighted by Crippen LogP contribution is -2.32. The van der Waals surface area contributed by atoms with Crippen LogP contribution in [0.3, 0.4) is 0 Å². The molecule has 0 spiro atoms. The molecule has 1 aliphatic carbocycles. The van der Waals surface area contributed by atoms with Crippen LogP contribution in [-0.2, 0) is 12.8 Å². The van der Waals surface area contributed by atoms with Gasteiger partial charge in [0, 0.05) is 25.8 Å². The second-order valence-electron chi connectivity index (χ2n) is 6.90. The van der Waals surface area contributed by atoms with Gasteiger partial charge in [0.05, 0.1) is 17.5 Å². The molecule has 7 nitrogen and oxygen atoms in total. The van der Waals surface area contributed by atoms with Gasteiger partial charge in [0.2, 0.25) is 5.95 Å². The molecule has 3 heterocycles. The summed E-state index contributed by atoms with van der Waals surface area (Å²) in [6.07, 6.45) is 2.86. The number of β-amino-alcohol motifs (C(OH)–C–C–N with tert-alkyl or cyclic N) is 1. The lowest BCUT2D eigenvalue weighted by atomic mass is 10.1. The lowest BCUT2D eigenvalue weighted by Gasteiger charge is -2.18. The van der Waals surface area contributed by atoms with E-state index in [1.54, 1.807) is 0 Å². The Morgan fingerprint density at radius 3 is 2.71 bits per heavy atom. The average Bonchev–Trinajstić information content (AvgIpc) is 3.13. The van der Waals surface area contributed by atoms with Gasteiger partial charge in [-0.1, -0.05) is 0 Å². The predicted molar refractivity (Wildman–Crippen MR) is 94.6 cm³/mol. The minimum atomic E-state index is -0.415. The Balaban J connectivity index is 1.77. The Labute approximate surface area is 141 Å². The van der Waals surface area contributed by atoms with Gasteiger partial charge in [-0.3, -0.25) is 0 Å². The Kier molecular flexibility index (Phi) is 3.77. The quantitative estimate of drug-likeness (QED) is 0.773. The molecule has 3 N–H and O–H groups in total. The summed E-state index contributed by atoms with van der Waals surface area (Å²) in [5, 5.41) is 17.6. The van der Waals surface area contributed by atoms with Crippen molar-refractivity contribution in [2.45, 2.75) is 38.3 Å². The van der Waals surface area contributed by atoms with Crippen molar-refractivity contribution in [2.24, 2.45) is 0 Å². The number of aryl methyl sites for hydroxylation is 2. The Bertz CT molecular complexity index is 792. The topological polar surface area (TPSA) is 86.2 Å². The van der Waals surface area contributed by atoms with Gasteiger partial charge in [-0.05, 0) is 44.4 Å². The van der Waals surface area contributed by atoms with Gasteiger partial charge >= 0.3 is 0 Å². The SMILES string of the molecule is CNc1nc(NC2CN(C)CC2O)nc2nc3c(c(C)c12)CCC3. The molecular formula is C17H24N6O. The van der Waals surface area contributed by atoms with Crippen LogP contribution in [-0.4, -0.2) is 64.3 Å². The van der Waals surface area contributed by atoms with E-state index in [-0.39, 0.29) is 6.04 Å². The number of rotatable bonds is 3. The standard InChI is InChI=1S/C17H24N6O/c1-9-10-5-4-6-11(10)19-16-14(9)15(18-2)21-17(22-16)20-12-7-23(3)8-13(12)24/h12-13,24H,4-8H2,1-3H3,(H2,18,19,20,21,22). The average molecular weight is 328 g/mol. The smallest absolute Gasteiger partial charge is 0.227 e. The first-order valence-corrected chi connectivity index (χ1v) is 8.58. The summed E-state index contributed by atoms with van der Waals surface area (Å²) in [6, 6.07) is -0.0623. The molecule has 2 aromatic heterocycles. The molecule has 128 valence electrons. The predicted octanol–water partition coefficient (Wildman–Crippen LogP) is 0.950. The van der Waals surface area contributed by atoms with Crippen LogP contribution < -0.4 is 10.6 Å². The van der Waals surface area contributed by atoms with Crippen molar-refractivity contribution in [2.75, 3.05) is 37.8 Å². The molecule has 2 unspecified atom stereocenters. The fourth-order valence-corrected chi connectivity index (χ4v) is 3.94. The summed E-state index contributed by atoms with van der Waals surface area (Å²) in [5.74, 6) is 1.32. The van der Waals surface area contributed by atoms with E-state index in [1.807, 2.05) is 14.1 Å². The lowest BCUT2D eigenvalue weighted by molar-refractivity contribution is 0.174. The van der Waals surface area contributed by atoms with Crippen molar-refractivity contribution in [1.82, 2.24) is 19.9 Å². The van der Waals surface area contributed by atoms with Gasteiger partial charge in [0.25, 0.3) is 0 Å². The van der Waals surface area contributed by atoms with Crippen LogP contribution in [0.1, 0.15) is 23.2 Å². The van der Waals surface area contributed by atoms with E-state index in [0.29, 0.717) is 12.5 Å². The highest BCUT2D eigenvalue weighted by Gasteiger charge is 2.30. The summed E-state index contributed by atoms with van der Waals surface area (Å²) in [6.45, 7) is 3.57. The molecule has 2 aromatic rings. The fourth-order valence-electron chi connectivity index (χ4n) is 3.94. The molecule has 0 bridgehead atoms.